The number of alkyl halides is 3. The van der Waals surface area contributed by atoms with Gasteiger partial charge in [0.25, 0.3) is 0 Å². The summed E-state index contributed by atoms with van der Waals surface area (Å²) in [6, 6.07) is 0. The number of nitrogens with zero attached hydrogens (tertiary/aromatic N) is 2. The van der Waals surface area contributed by atoms with E-state index >= 15 is 0 Å². The van der Waals surface area contributed by atoms with Gasteiger partial charge in [-0.05, 0) is 0 Å². The molecule has 0 radical (unpaired) electrons. The molecule has 0 unspecified atom stereocenters. The molecule has 1 amide bonds. The molecular weight excluding hydrogens is 203 g/mol. The van der Waals surface area contributed by atoms with Crippen molar-refractivity contribution in [3.05, 3.63) is 12.2 Å². The molecule has 1 N–H and O–H groups in total. The predicted molar refractivity (Wildman–Crippen MR) is 37.1 cm³/mol. The van der Waals surface area contributed by atoms with Gasteiger partial charge in [0.05, 0.1) is 0 Å². The number of nitrogens with one attached hydrogen (secondary N) is 1. The van der Waals surface area contributed by atoms with Gasteiger partial charge in [0, 0.05) is 13.0 Å². The summed E-state index contributed by atoms with van der Waals surface area (Å²) in [5.74, 6) is -1.80. The molecule has 1 rings (SSSR count). The number of amides is 1. The number of hydrogen-bond acceptors (Lipinski definition) is 4. The molecule has 0 bridgehead atoms. The Hall–Kier alpha value is -1.60. The summed E-state index contributed by atoms with van der Waals surface area (Å²) in [7, 11) is 0. The minimum Gasteiger partial charge on any atom is -0.348 e. The first-order chi connectivity index (χ1) is 6.50. The summed E-state index contributed by atoms with van der Waals surface area (Å²) in [5, 5.41) is 4.92. The molecule has 0 aromatic carbocycles. The first-order valence-electron chi connectivity index (χ1n) is 3.60. The van der Waals surface area contributed by atoms with E-state index in [9.17, 15) is 18.0 Å². The van der Waals surface area contributed by atoms with Crippen LogP contribution in [0, 0.1) is 0 Å². The normalized spacial score (nSPS) is 11.4. The quantitative estimate of drug-likeness (QED) is 0.776. The molecule has 78 valence electrons. The highest BCUT2D eigenvalue weighted by Gasteiger charge is 2.38. The van der Waals surface area contributed by atoms with Crippen molar-refractivity contribution in [2.45, 2.75) is 12.6 Å². The monoisotopic (exact) mass is 209 g/mol. The van der Waals surface area contributed by atoms with Gasteiger partial charge in [-0.2, -0.15) is 18.2 Å². The Morgan fingerprint density at radius 2 is 2.29 bits per heavy atom. The van der Waals surface area contributed by atoms with E-state index in [-0.39, 0.29) is 18.9 Å². The minimum atomic E-state index is -4.85. The van der Waals surface area contributed by atoms with Gasteiger partial charge in [0.15, 0.2) is 6.33 Å². The molecule has 0 fully saturated rings. The van der Waals surface area contributed by atoms with Crippen LogP contribution in [0.4, 0.5) is 13.2 Å². The predicted octanol–water partition coefficient (Wildman–Crippen LogP) is 0.291. The van der Waals surface area contributed by atoms with E-state index in [1.807, 2.05) is 0 Å². The lowest BCUT2D eigenvalue weighted by atomic mass is 10.4. The zero-order valence-electron chi connectivity index (χ0n) is 6.84. The summed E-state index contributed by atoms with van der Waals surface area (Å²) in [6.07, 6.45) is -3.66. The largest absolute Gasteiger partial charge is 0.471 e. The zero-order chi connectivity index (χ0) is 10.6. The highest BCUT2D eigenvalue weighted by Crippen LogP contribution is 2.13. The number of rotatable bonds is 3. The fourth-order valence-electron chi connectivity index (χ4n) is 0.689. The van der Waals surface area contributed by atoms with Crippen LogP contribution in [0.2, 0.25) is 0 Å². The van der Waals surface area contributed by atoms with Crippen molar-refractivity contribution in [3.63, 3.8) is 0 Å². The van der Waals surface area contributed by atoms with Crippen molar-refractivity contribution in [1.82, 2.24) is 15.5 Å². The molecule has 0 aliphatic carbocycles. The summed E-state index contributed by atoms with van der Waals surface area (Å²) in [4.78, 5) is 13.9. The van der Waals surface area contributed by atoms with Gasteiger partial charge in [0.1, 0.15) is 0 Å². The van der Waals surface area contributed by atoms with Gasteiger partial charge in [-0.3, -0.25) is 4.79 Å². The molecule has 0 saturated carbocycles. The molecule has 14 heavy (non-hydrogen) atoms. The maximum absolute atomic E-state index is 11.7. The van der Waals surface area contributed by atoms with Gasteiger partial charge >= 0.3 is 12.1 Å². The molecule has 0 saturated heterocycles. The SMILES string of the molecule is O=C(NCCc1ncno1)C(F)(F)F. The highest BCUT2D eigenvalue weighted by molar-refractivity contribution is 5.81. The van der Waals surface area contributed by atoms with Crippen LogP contribution in [-0.4, -0.2) is 28.8 Å². The number of carbonyl (C=O) groups is 1. The van der Waals surface area contributed by atoms with E-state index in [2.05, 4.69) is 14.7 Å². The summed E-state index contributed by atoms with van der Waals surface area (Å²) in [5.41, 5.74) is 0. The van der Waals surface area contributed by atoms with E-state index < -0.39 is 12.1 Å². The number of carbonyl (C=O) groups excluding carboxylic acids is 1. The smallest absolute Gasteiger partial charge is 0.348 e. The van der Waals surface area contributed by atoms with Crippen molar-refractivity contribution in [2.75, 3.05) is 6.54 Å². The first-order valence-corrected chi connectivity index (χ1v) is 3.60. The Morgan fingerprint density at radius 3 is 2.79 bits per heavy atom. The molecule has 8 heteroatoms. The third-order valence-electron chi connectivity index (χ3n) is 1.29. The van der Waals surface area contributed by atoms with Crippen LogP contribution in [0.3, 0.4) is 0 Å². The molecule has 0 aliphatic heterocycles. The van der Waals surface area contributed by atoms with Crippen molar-refractivity contribution < 1.29 is 22.5 Å². The van der Waals surface area contributed by atoms with E-state index in [1.165, 1.54) is 0 Å². The van der Waals surface area contributed by atoms with Crippen molar-refractivity contribution in [3.8, 4) is 0 Å². The molecule has 1 aromatic rings. The van der Waals surface area contributed by atoms with Crippen LogP contribution >= 0.6 is 0 Å². The summed E-state index contributed by atoms with van der Waals surface area (Å²) < 4.78 is 39.5. The summed E-state index contributed by atoms with van der Waals surface area (Å²) in [6.45, 7) is -0.194. The van der Waals surface area contributed by atoms with Crippen LogP contribution in [0.1, 0.15) is 5.89 Å². The number of aromatic nitrogens is 2. The molecule has 0 atom stereocenters. The van der Waals surface area contributed by atoms with E-state index in [0.717, 1.165) is 6.33 Å². The van der Waals surface area contributed by atoms with Crippen molar-refractivity contribution in [1.29, 1.82) is 0 Å². The maximum atomic E-state index is 11.7. The Balaban J connectivity index is 2.26. The lowest BCUT2D eigenvalue weighted by Gasteiger charge is -2.05. The average molecular weight is 209 g/mol. The lowest BCUT2D eigenvalue weighted by molar-refractivity contribution is -0.173. The molecular formula is C6H6F3N3O2. The van der Waals surface area contributed by atoms with Crippen LogP contribution in [0.15, 0.2) is 10.9 Å². The second kappa shape index (κ2) is 4.07. The fourth-order valence-corrected chi connectivity index (χ4v) is 0.689. The lowest BCUT2D eigenvalue weighted by Crippen LogP contribution is -2.37. The van der Waals surface area contributed by atoms with Gasteiger partial charge in [-0.25, -0.2) is 0 Å². The summed E-state index contributed by atoms with van der Waals surface area (Å²) >= 11 is 0. The van der Waals surface area contributed by atoms with Crippen LogP contribution in [0.5, 0.6) is 0 Å². The number of halogens is 3. The minimum absolute atomic E-state index is 0.0713. The van der Waals surface area contributed by atoms with E-state index in [0.29, 0.717) is 0 Å². The molecule has 1 aromatic heterocycles. The Morgan fingerprint density at radius 1 is 1.57 bits per heavy atom. The Kier molecular flexibility index (Phi) is 3.05. The first kappa shape index (κ1) is 10.5. The maximum Gasteiger partial charge on any atom is 0.471 e. The third-order valence-corrected chi connectivity index (χ3v) is 1.29. The number of hydrogen-bond donors (Lipinski definition) is 1. The van der Waals surface area contributed by atoms with Gasteiger partial charge in [-0.1, -0.05) is 5.16 Å². The average Bonchev–Trinajstić information content (AvgIpc) is 2.55. The second-order valence-electron chi connectivity index (χ2n) is 2.34. The van der Waals surface area contributed by atoms with E-state index in [1.54, 1.807) is 5.32 Å². The fraction of sp³-hybridized carbons (Fsp3) is 0.500. The van der Waals surface area contributed by atoms with Crippen molar-refractivity contribution >= 4 is 5.91 Å². The van der Waals surface area contributed by atoms with Crippen molar-refractivity contribution in [2.24, 2.45) is 0 Å². The van der Waals surface area contributed by atoms with Gasteiger partial charge in [-0.15, -0.1) is 0 Å². The molecule has 5 nitrogen and oxygen atoms in total. The molecule has 0 aliphatic rings. The highest BCUT2D eigenvalue weighted by atomic mass is 19.4. The van der Waals surface area contributed by atoms with Crippen LogP contribution in [0.25, 0.3) is 0 Å². The van der Waals surface area contributed by atoms with E-state index in [4.69, 9.17) is 0 Å². The Bertz CT molecular complexity index is 296. The zero-order valence-corrected chi connectivity index (χ0v) is 6.84. The van der Waals surface area contributed by atoms with Gasteiger partial charge in [0.2, 0.25) is 5.89 Å². The molecule has 0 spiro atoms. The second-order valence-corrected chi connectivity index (χ2v) is 2.34. The van der Waals surface area contributed by atoms with Crippen LogP contribution in [-0.2, 0) is 11.2 Å². The molecule has 1 heterocycles. The topological polar surface area (TPSA) is 68.0 Å². The third kappa shape index (κ3) is 3.04. The Labute approximate surface area is 76.3 Å². The van der Waals surface area contributed by atoms with Gasteiger partial charge < -0.3 is 9.84 Å². The van der Waals surface area contributed by atoms with Crippen LogP contribution < -0.4 is 5.32 Å². The standard InChI is InChI=1S/C6H6F3N3O2/c7-6(8,9)5(13)10-2-1-4-11-3-12-14-4/h3H,1-2H2,(H,10,13).